The molecule has 2 rings (SSSR count). The average molecular weight is 307 g/mol. The monoisotopic (exact) mass is 307 g/mol. The highest BCUT2D eigenvalue weighted by Crippen LogP contribution is 2.23. The number of hydrogen-bond donors (Lipinski definition) is 3. The zero-order valence-corrected chi connectivity index (χ0v) is 11.9. The second-order valence-electron chi connectivity index (χ2n) is 4.46. The third kappa shape index (κ3) is 3.32. The summed E-state index contributed by atoms with van der Waals surface area (Å²) in [4.78, 5) is 10.7. The van der Waals surface area contributed by atoms with Gasteiger partial charge in [-0.1, -0.05) is 17.7 Å². The highest BCUT2D eigenvalue weighted by molar-refractivity contribution is 7.92. The highest BCUT2D eigenvalue weighted by Gasteiger charge is 2.18. The van der Waals surface area contributed by atoms with Crippen LogP contribution in [0.4, 0.5) is 5.69 Å². The summed E-state index contributed by atoms with van der Waals surface area (Å²) in [6, 6.07) is 9.78. The fourth-order valence-electron chi connectivity index (χ4n) is 1.69. The zero-order valence-electron chi connectivity index (χ0n) is 11.1. The summed E-state index contributed by atoms with van der Waals surface area (Å²) in [6.07, 6.45) is 0. The Bertz CT molecular complexity index is 782. The Labute approximate surface area is 121 Å². The predicted octanol–water partition coefficient (Wildman–Crippen LogP) is 2.20. The summed E-state index contributed by atoms with van der Waals surface area (Å²) < 4.78 is 26.7. The van der Waals surface area contributed by atoms with Gasteiger partial charge in [0.25, 0.3) is 10.0 Å². The first-order valence-electron chi connectivity index (χ1n) is 5.95. The van der Waals surface area contributed by atoms with Crippen molar-refractivity contribution in [3.8, 4) is 5.75 Å². The Morgan fingerprint density at radius 2 is 1.71 bits per heavy atom. The van der Waals surface area contributed by atoms with Crippen LogP contribution in [0.15, 0.2) is 47.4 Å². The van der Waals surface area contributed by atoms with Crippen LogP contribution in [0.3, 0.4) is 0 Å². The first kappa shape index (κ1) is 14.9. The van der Waals surface area contributed by atoms with E-state index >= 15 is 0 Å². The molecule has 0 bridgehead atoms. The van der Waals surface area contributed by atoms with Crippen LogP contribution in [0.5, 0.6) is 5.75 Å². The van der Waals surface area contributed by atoms with Crippen molar-refractivity contribution in [2.75, 3.05) is 4.72 Å². The van der Waals surface area contributed by atoms with Crippen molar-refractivity contribution >= 4 is 21.7 Å². The summed E-state index contributed by atoms with van der Waals surface area (Å²) in [6.45, 7) is 1.87. The van der Waals surface area contributed by atoms with Crippen LogP contribution >= 0.6 is 0 Å². The fourth-order valence-corrected chi connectivity index (χ4v) is 2.77. The van der Waals surface area contributed by atoms with Crippen LogP contribution in [0.2, 0.25) is 0 Å². The number of phenols is 1. The SMILES string of the molecule is Cc1ccc(NS(=O)(=O)c2ccc(O)c(C(=O)O)c2)cc1. The van der Waals surface area contributed by atoms with Crippen LogP contribution in [0.25, 0.3) is 0 Å². The molecule has 0 aliphatic carbocycles. The molecule has 21 heavy (non-hydrogen) atoms. The number of anilines is 1. The molecule has 0 atom stereocenters. The van der Waals surface area contributed by atoms with Gasteiger partial charge in [0.2, 0.25) is 0 Å². The summed E-state index contributed by atoms with van der Waals surface area (Å²) in [5.74, 6) is -1.89. The van der Waals surface area contributed by atoms with Crippen LogP contribution in [-0.2, 0) is 10.0 Å². The minimum absolute atomic E-state index is 0.238. The van der Waals surface area contributed by atoms with E-state index in [1.54, 1.807) is 24.3 Å². The van der Waals surface area contributed by atoms with Crippen molar-refractivity contribution < 1.29 is 23.4 Å². The molecule has 0 aliphatic heterocycles. The minimum atomic E-state index is -3.92. The molecule has 0 spiro atoms. The second kappa shape index (κ2) is 5.45. The van der Waals surface area contributed by atoms with E-state index in [2.05, 4.69) is 4.72 Å². The van der Waals surface area contributed by atoms with Crippen molar-refractivity contribution in [2.24, 2.45) is 0 Å². The lowest BCUT2D eigenvalue weighted by Crippen LogP contribution is -2.13. The van der Waals surface area contributed by atoms with Gasteiger partial charge in [0.05, 0.1) is 4.90 Å². The Balaban J connectivity index is 2.38. The Hall–Kier alpha value is -2.54. The molecule has 0 fully saturated rings. The normalized spacial score (nSPS) is 11.1. The second-order valence-corrected chi connectivity index (χ2v) is 6.14. The number of aromatic hydroxyl groups is 1. The first-order chi connectivity index (χ1) is 9.79. The van der Waals surface area contributed by atoms with E-state index in [1.807, 2.05) is 6.92 Å². The molecule has 0 aliphatic rings. The van der Waals surface area contributed by atoms with Gasteiger partial charge < -0.3 is 10.2 Å². The third-order valence-electron chi connectivity index (χ3n) is 2.81. The lowest BCUT2D eigenvalue weighted by molar-refractivity contribution is 0.0693. The number of hydrogen-bond acceptors (Lipinski definition) is 4. The number of carbonyl (C=O) groups is 1. The number of nitrogens with one attached hydrogen (secondary N) is 1. The molecule has 7 heteroatoms. The van der Waals surface area contributed by atoms with E-state index in [-0.39, 0.29) is 4.90 Å². The molecule has 0 aromatic heterocycles. The number of aryl methyl sites for hydroxylation is 1. The maximum atomic E-state index is 12.2. The molecule has 0 saturated heterocycles. The van der Waals surface area contributed by atoms with Gasteiger partial charge in [-0.2, -0.15) is 0 Å². The lowest BCUT2D eigenvalue weighted by atomic mass is 10.2. The van der Waals surface area contributed by atoms with Crippen molar-refractivity contribution in [1.29, 1.82) is 0 Å². The largest absolute Gasteiger partial charge is 0.507 e. The van der Waals surface area contributed by atoms with E-state index in [0.29, 0.717) is 5.69 Å². The van der Waals surface area contributed by atoms with Gasteiger partial charge in [0, 0.05) is 5.69 Å². The lowest BCUT2D eigenvalue weighted by Gasteiger charge is -2.09. The molecule has 0 heterocycles. The quantitative estimate of drug-likeness (QED) is 0.803. The highest BCUT2D eigenvalue weighted by atomic mass is 32.2. The summed E-state index contributed by atoms with van der Waals surface area (Å²) in [7, 11) is -3.92. The van der Waals surface area contributed by atoms with Crippen molar-refractivity contribution in [3.63, 3.8) is 0 Å². The summed E-state index contributed by atoms with van der Waals surface area (Å²) in [5.41, 5.74) is 0.878. The predicted molar refractivity (Wildman–Crippen MR) is 77.1 cm³/mol. The number of carboxylic acid groups (broad SMARTS) is 1. The smallest absolute Gasteiger partial charge is 0.339 e. The van der Waals surface area contributed by atoms with Crippen molar-refractivity contribution in [1.82, 2.24) is 0 Å². The maximum absolute atomic E-state index is 12.2. The molecule has 0 unspecified atom stereocenters. The van der Waals surface area contributed by atoms with E-state index in [0.717, 1.165) is 23.8 Å². The Morgan fingerprint density at radius 1 is 1.10 bits per heavy atom. The molecule has 3 N–H and O–H groups in total. The molecule has 0 radical (unpaired) electrons. The molecule has 6 nitrogen and oxygen atoms in total. The number of aromatic carboxylic acids is 1. The van der Waals surface area contributed by atoms with Gasteiger partial charge in [-0.05, 0) is 37.3 Å². The van der Waals surface area contributed by atoms with Crippen molar-refractivity contribution in [2.45, 2.75) is 11.8 Å². The van der Waals surface area contributed by atoms with E-state index < -0.39 is 27.3 Å². The number of benzene rings is 2. The van der Waals surface area contributed by atoms with Gasteiger partial charge >= 0.3 is 5.97 Å². The molecule has 2 aromatic carbocycles. The molecule has 2 aromatic rings. The van der Waals surface area contributed by atoms with Gasteiger partial charge in [0.15, 0.2) is 0 Å². The van der Waals surface area contributed by atoms with Crippen LogP contribution in [0.1, 0.15) is 15.9 Å². The van der Waals surface area contributed by atoms with E-state index in [9.17, 15) is 18.3 Å². The summed E-state index contributed by atoms with van der Waals surface area (Å²) in [5, 5.41) is 18.3. The van der Waals surface area contributed by atoms with E-state index in [4.69, 9.17) is 5.11 Å². The summed E-state index contributed by atoms with van der Waals surface area (Å²) >= 11 is 0. The Kier molecular flexibility index (Phi) is 3.86. The average Bonchev–Trinajstić information content (AvgIpc) is 2.41. The zero-order chi connectivity index (χ0) is 15.6. The van der Waals surface area contributed by atoms with Crippen LogP contribution in [-0.4, -0.2) is 24.6 Å². The van der Waals surface area contributed by atoms with Gasteiger partial charge in [-0.3, -0.25) is 4.72 Å². The molecular formula is C14H13NO5S. The van der Waals surface area contributed by atoms with Gasteiger partial charge in [0.1, 0.15) is 11.3 Å². The van der Waals surface area contributed by atoms with Gasteiger partial charge in [-0.25, -0.2) is 13.2 Å². The maximum Gasteiger partial charge on any atom is 0.339 e. The van der Waals surface area contributed by atoms with Crippen molar-refractivity contribution in [3.05, 3.63) is 53.6 Å². The number of carboxylic acids is 1. The third-order valence-corrected chi connectivity index (χ3v) is 4.19. The van der Waals surface area contributed by atoms with Crippen LogP contribution in [0, 0.1) is 6.92 Å². The number of rotatable bonds is 4. The molecule has 110 valence electrons. The fraction of sp³-hybridized carbons (Fsp3) is 0.0714. The topological polar surface area (TPSA) is 104 Å². The van der Waals surface area contributed by atoms with Gasteiger partial charge in [-0.15, -0.1) is 0 Å². The molecular weight excluding hydrogens is 294 g/mol. The standard InChI is InChI=1S/C14H13NO5S/c1-9-2-4-10(5-3-9)15-21(19,20)11-6-7-13(16)12(8-11)14(17)18/h2-8,15-16H,1H3,(H,17,18). The first-order valence-corrected chi connectivity index (χ1v) is 7.44. The molecule has 0 saturated carbocycles. The minimum Gasteiger partial charge on any atom is -0.507 e. The number of sulfonamides is 1. The van der Waals surface area contributed by atoms with E-state index in [1.165, 1.54) is 0 Å². The van der Waals surface area contributed by atoms with Crippen LogP contribution < -0.4 is 4.72 Å². The Morgan fingerprint density at radius 3 is 2.29 bits per heavy atom. The molecule has 0 amide bonds.